The molecule has 14 heteroatoms. The number of carbonyl (C=O) groups is 1. The van der Waals surface area contributed by atoms with Gasteiger partial charge in [-0.25, -0.2) is 0 Å². The quantitative estimate of drug-likeness (QED) is 0.0172. The van der Waals surface area contributed by atoms with Crippen LogP contribution >= 0.6 is 0 Å². The van der Waals surface area contributed by atoms with E-state index in [0.717, 1.165) is 96.3 Å². The Hall–Kier alpha value is -2.57. The molecule has 14 nitrogen and oxygen atoms in total. The number of allylic oxidation sites excluding steroid dienone is 12. The molecule has 0 aromatic carbocycles. The van der Waals surface area contributed by atoms with Crippen LogP contribution in [0.3, 0.4) is 0 Å². The molecule has 0 aromatic heterocycles. The van der Waals surface area contributed by atoms with E-state index in [9.17, 15) is 40.5 Å². The summed E-state index contributed by atoms with van der Waals surface area (Å²) in [4.78, 5) is 13.1. The first-order valence-corrected chi connectivity index (χ1v) is 32.0. The predicted octanol–water partition coefficient (Wildman–Crippen LogP) is 12.6. The first kappa shape index (κ1) is 73.5. The van der Waals surface area contributed by atoms with Crippen molar-refractivity contribution < 1.29 is 69.0 Å². The van der Waals surface area contributed by atoms with E-state index in [0.29, 0.717) is 13.0 Å². The largest absolute Gasteiger partial charge is 0.457 e. The van der Waals surface area contributed by atoms with Gasteiger partial charge in [-0.05, 0) is 64.2 Å². The zero-order chi connectivity index (χ0) is 57.9. The number of aliphatic hydroxyl groups excluding tert-OH is 7. The van der Waals surface area contributed by atoms with Gasteiger partial charge in [-0.1, -0.05) is 241 Å². The number of ether oxygens (including phenoxy) is 6. The van der Waals surface area contributed by atoms with Crippen LogP contribution in [0.5, 0.6) is 0 Å². The fourth-order valence-corrected chi connectivity index (χ4v) is 9.88. The monoisotopic (exact) mass is 1130 g/mol. The highest BCUT2D eigenvalue weighted by Gasteiger charge is 2.47. The van der Waals surface area contributed by atoms with E-state index >= 15 is 0 Å². The lowest BCUT2D eigenvalue weighted by Gasteiger charge is -2.42. The lowest BCUT2D eigenvalue weighted by atomic mass is 9.98. The van der Waals surface area contributed by atoms with Gasteiger partial charge < -0.3 is 64.2 Å². The molecule has 0 amide bonds. The molecule has 0 radical (unpaired) electrons. The number of hydrogen-bond acceptors (Lipinski definition) is 14. The van der Waals surface area contributed by atoms with Crippen LogP contribution in [0.15, 0.2) is 72.9 Å². The molecule has 11 atom stereocenters. The summed E-state index contributed by atoms with van der Waals surface area (Å²) in [5, 5.41) is 72.5. The molecular weight excluding hydrogens is 1020 g/mol. The molecule has 2 saturated heterocycles. The molecule has 0 spiro atoms. The summed E-state index contributed by atoms with van der Waals surface area (Å²) in [7, 11) is 0. The highest BCUT2D eigenvalue weighted by Crippen LogP contribution is 2.27. The second-order valence-electron chi connectivity index (χ2n) is 22.2. The summed E-state index contributed by atoms with van der Waals surface area (Å²) in [5.41, 5.74) is 0. The van der Waals surface area contributed by atoms with Crippen molar-refractivity contribution in [2.45, 2.75) is 306 Å². The van der Waals surface area contributed by atoms with E-state index < -0.39 is 80.7 Å². The van der Waals surface area contributed by atoms with Gasteiger partial charge in [0, 0.05) is 13.0 Å². The summed E-state index contributed by atoms with van der Waals surface area (Å²) < 4.78 is 34.5. The van der Waals surface area contributed by atoms with Crippen LogP contribution in [-0.4, -0.2) is 142 Å². The SMILES string of the molecule is CC/C=C\C/C=C\C/C=C\C/C=C\C/C=C\C/C=C\CCCCCCCOCC(COC1OC(COC2OC(CO)C(O)C(O)C2O)C(O)C(O)C1O)OC(=O)CCCCCCCCCCCCCCCCCCCCCCCC. The standard InChI is InChI=1S/C66H116O14/c1-3-5-7-9-11-13-15-17-19-21-23-25-27-28-30-32-34-36-38-40-42-44-46-48-50-75-52-55(53-76-65-64(74)62(72)60(70)57(80-65)54-77-66-63(73)61(71)59(69)56(51-67)79-66)78-58(68)49-47-45-43-41-39-37-35-33-31-29-26-24-22-20-18-16-14-12-10-8-6-4-2/h5,7,11,13,17,19,23,25,28,30,34,36,55-57,59-67,69-74H,3-4,6,8-10,12,14-16,18,20-22,24,26-27,29,31-33,35,37-54H2,1-2H3/b7-5-,13-11-,19-17-,25-23-,30-28-,36-34-. The molecule has 2 heterocycles. The van der Waals surface area contributed by atoms with Crippen molar-refractivity contribution in [3.8, 4) is 0 Å². The van der Waals surface area contributed by atoms with Gasteiger partial charge in [0.1, 0.15) is 54.9 Å². The zero-order valence-corrected chi connectivity index (χ0v) is 50.1. The average Bonchev–Trinajstić information content (AvgIpc) is 3.52. The summed E-state index contributed by atoms with van der Waals surface area (Å²) in [5.74, 6) is -0.381. The van der Waals surface area contributed by atoms with Crippen LogP contribution in [-0.2, 0) is 33.2 Å². The van der Waals surface area contributed by atoms with Crippen molar-refractivity contribution in [2.75, 3.05) is 33.0 Å². The van der Waals surface area contributed by atoms with Gasteiger partial charge in [-0.3, -0.25) is 4.79 Å². The molecule has 0 aliphatic carbocycles. The van der Waals surface area contributed by atoms with Gasteiger partial charge in [0.2, 0.25) is 0 Å². The molecule has 0 bridgehead atoms. The van der Waals surface area contributed by atoms with Crippen LogP contribution in [0.1, 0.15) is 239 Å². The van der Waals surface area contributed by atoms with Crippen LogP contribution in [0.25, 0.3) is 0 Å². The summed E-state index contributed by atoms with van der Waals surface area (Å²) in [6, 6.07) is 0. The summed E-state index contributed by atoms with van der Waals surface area (Å²) in [6.45, 7) is 3.56. The Bertz CT molecular complexity index is 1600. The molecule has 2 aliphatic rings. The van der Waals surface area contributed by atoms with Crippen LogP contribution in [0, 0.1) is 0 Å². The minimum absolute atomic E-state index is 0.0470. The Morgan fingerprint density at radius 3 is 1.27 bits per heavy atom. The van der Waals surface area contributed by atoms with Crippen LogP contribution in [0.2, 0.25) is 0 Å². The third-order valence-corrected chi connectivity index (χ3v) is 15.0. The average molecular weight is 1130 g/mol. The van der Waals surface area contributed by atoms with E-state index in [2.05, 4.69) is 86.8 Å². The topological polar surface area (TPSA) is 214 Å². The Morgan fingerprint density at radius 1 is 0.425 bits per heavy atom. The molecule has 2 fully saturated rings. The van der Waals surface area contributed by atoms with Crippen molar-refractivity contribution in [1.29, 1.82) is 0 Å². The normalized spacial score (nSPS) is 24.3. The summed E-state index contributed by atoms with van der Waals surface area (Å²) >= 11 is 0. The smallest absolute Gasteiger partial charge is 0.306 e. The first-order chi connectivity index (χ1) is 39.1. The van der Waals surface area contributed by atoms with Gasteiger partial charge in [-0.15, -0.1) is 0 Å². The van der Waals surface area contributed by atoms with Gasteiger partial charge in [-0.2, -0.15) is 0 Å². The number of esters is 1. The van der Waals surface area contributed by atoms with Crippen molar-refractivity contribution in [1.82, 2.24) is 0 Å². The van der Waals surface area contributed by atoms with E-state index in [-0.39, 0.29) is 25.6 Å². The van der Waals surface area contributed by atoms with Gasteiger partial charge >= 0.3 is 5.97 Å². The predicted molar refractivity (Wildman–Crippen MR) is 321 cm³/mol. The molecule has 0 saturated carbocycles. The lowest BCUT2D eigenvalue weighted by molar-refractivity contribution is -0.332. The maximum Gasteiger partial charge on any atom is 0.306 e. The third-order valence-electron chi connectivity index (χ3n) is 15.0. The fraction of sp³-hybridized carbons (Fsp3) is 0.803. The maximum absolute atomic E-state index is 13.1. The van der Waals surface area contributed by atoms with Crippen molar-refractivity contribution in [3.63, 3.8) is 0 Å². The van der Waals surface area contributed by atoms with Crippen molar-refractivity contribution in [3.05, 3.63) is 72.9 Å². The van der Waals surface area contributed by atoms with Crippen molar-refractivity contribution >= 4 is 5.97 Å². The van der Waals surface area contributed by atoms with Crippen LogP contribution < -0.4 is 0 Å². The van der Waals surface area contributed by atoms with Crippen LogP contribution in [0.4, 0.5) is 0 Å². The molecule has 0 aromatic rings. The Labute approximate surface area is 485 Å². The molecule has 2 aliphatic heterocycles. The van der Waals surface area contributed by atoms with E-state index in [1.807, 2.05) is 0 Å². The Balaban J connectivity index is 1.69. The Morgan fingerprint density at radius 2 is 0.812 bits per heavy atom. The second-order valence-corrected chi connectivity index (χ2v) is 22.2. The lowest BCUT2D eigenvalue weighted by Crippen LogP contribution is -2.61. The fourth-order valence-electron chi connectivity index (χ4n) is 9.88. The molecule has 7 N–H and O–H groups in total. The third kappa shape index (κ3) is 37.6. The van der Waals surface area contributed by atoms with Gasteiger partial charge in [0.05, 0.1) is 26.4 Å². The number of rotatable bonds is 52. The highest BCUT2D eigenvalue weighted by atomic mass is 16.7. The van der Waals surface area contributed by atoms with Gasteiger partial charge in [0.25, 0.3) is 0 Å². The number of unbranched alkanes of at least 4 members (excludes halogenated alkanes) is 26. The Kier molecular flexibility index (Phi) is 47.8. The molecule has 2 rings (SSSR count). The summed E-state index contributed by atoms with van der Waals surface area (Å²) in [6.07, 6.45) is 51.1. The number of carbonyl (C=O) groups excluding carboxylic acids is 1. The van der Waals surface area contributed by atoms with Crippen molar-refractivity contribution in [2.24, 2.45) is 0 Å². The number of hydrogen-bond donors (Lipinski definition) is 7. The number of aliphatic hydroxyl groups is 7. The highest BCUT2D eigenvalue weighted by molar-refractivity contribution is 5.69. The maximum atomic E-state index is 13.1. The molecule has 11 unspecified atom stereocenters. The zero-order valence-electron chi connectivity index (χ0n) is 50.1. The minimum Gasteiger partial charge on any atom is -0.457 e. The van der Waals surface area contributed by atoms with Gasteiger partial charge in [0.15, 0.2) is 12.6 Å². The van der Waals surface area contributed by atoms with E-state index in [4.69, 9.17) is 28.4 Å². The molecule has 464 valence electrons. The first-order valence-electron chi connectivity index (χ1n) is 32.0. The molecular formula is C66H116O14. The second kappa shape index (κ2) is 52.0. The van der Waals surface area contributed by atoms with E-state index in [1.165, 1.54) is 116 Å². The van der Waals surface area contributed by atoms with E-state index in [1.54, 1.807) is 0 Å². The minimum atomic E-state index is -1.71. The molecule has 80 heavy (non-hydrogen) atoms.